The summed E-state index contributed by atoms with van der Waals surface area (Å²) in [5, 5.41) is 0. The van der Waals surface area contributed by atoms with Crippen LogP contribution in [0.15, 0.2) is 0 Å². The molecule has 1 saturated heterocycles. The Hall–Kier alpha value is -1.59. The second-order valence-electron chi connectivity index (χ2n) is 5.71. The molecule has 0 N–H and O–H groups in total. The molecule has 2 fully saturated rings. The first-order valence-corrected chi connectivity index (χ1v) is 7.74. The number of likely N-dealkylation sites (tertiary alicyclic amines) is 1. The second kappa shape index (κ2) is 6.91. The molecule has 1 aliphatic heterocycles. The molecule has 1 atom stereocenters. The smallest absolute Gasteiger partial charge is 0.307 e. The van der Waals surface area contributed by atoms with Crippen molar-refractivity contribution < 1.29 is 19.1 Å². The molecule has 1 heterocycles. The number of methoxy groups -OCH3 is 1. The van der Waals surface area contributed by atoms with Gasteiger partial charge in [-0.15, -0.1) is 0 Å². The molecule has 0 aromatic heterocycles. The summed E-state index contributed by atoms with van der Waals surface area (Å²) in [7, 11) is 1.34. The van der Waals surface area contributed by atoms with Crippen molar-refractivity contribution in [3.63, 3.8) is 0 Å². The predicted octanol–water partition coefficient (Wildman–Crippen LogP) is 0.799. The third kappa shape index (κ3) is 3.74. The van der Waals surface area contributed by atoms with Crippen LogP contribution in [-0.4, -0.2) is 60.4 Å². The Labute approximate surface area is 125 Å². The Balaban J connectivity index is 1.95. The Morgan fingerprint density at radius 3 is 2.52 bits per heavy atom. The first-order chi connectivity index (χ1) is 10.1. The molecule has 0 aromatic rings. The average molecular weight is 296 g/mol. The number of ether oxygens (including phenoxy) is 1. The highest BCUT2D eigenvalue weighted by molar-refractivity contribution is 5.90. The van der Waals surface area contributed by atoms with Crippen LogP contribution in [0, 0.1) is 5.92 Å². The molecule has 6 nitrogen and oxygen atoms in total. The van der Waals surface area contributed by atoms with Crippen LogP contribution < -0.4 is 0 Å². The van der Waals surface area contributed by atoms with Crippen molar-refractivity contribution in [1.29, 1.82) is 0 Å². The summed E-state index contributed by atoms with van der Waals surface area (Å²) in [6.07, 6.45) is 3.71. The zero-order chi connectivity index (χ0) is 15.4. The Morgan fingerprint density at radius 1 is 1.24 bits per heavy atom. The van der Waals surface area contributed by atoms with Gasteiger partial charge in [-0.1, -0.05) is 0 Å². The van der Waals surface area contributed by atoms with Gasteiger partial charge in [0.05, 0.1) is 13.5 Å². The SMILES string of the molecule is CCN(CCC(=O)OC)C(=O)C1CCCN1C(=O)C1CC1. The van der Waals surface area contributed by atoms with Gasteiger partial charge in [0.25, 0.3) is 0 Å². The number of carbonyl (C=O) groups is 3. The zero-order valence-electron chi connectivity index (χ0n) is 12.8. The molecule has 0 aromatic carbocycles. The fourth-order valence-corrected chi connectivity index (χ4v) is 2.82. The Morgan fingerprint density at radius 2 is 1.95 bits per heavy atom. The standard InChI is InChI=1S/C15H24N2O4/c1-3-16(10-8-13(18)21-2)15(20)12-5-4-9-17(12)14(19)11-6-7-11/h11-12H,3-10H2,1-2H3. The third-order valence-electron chi connectivity index (χ3n) is 4.25. The molecule has 0 radical (unpaired) electrons. The summed E-state index contributed by atoms with van der Waals surface area (Å²) in [5.74, 6) is -0.0788. The van der Waals surface area contributed by atoms with Crippen LogP contribution in [0.2, 0.25) is 0 Å². The average Bonchev–Trinajstić information content (AvgIpc) is 3.23. The lowest BCUT2D eigenvalue weighted by atomic mass is 10.1. The largest absolute Gasteiger partial charge is 0.469 e. The number of hydrogen-bond donors (Lipinski definition) is 0. The van der Waals surface area contributed by atoms with Gasteiger partial charge in [-0.2, -0.15) is 0 Å². The van der Waals surface area contributed by atoms with E-state index in [1.165, 1.54) is 7.11 Å². The van der Waals surface area contributed by atoms with Crippen LogP contribution in [0.3, 0.4) is 0 Å². The minimum Gasteiger partial charge on any atom is -0.469 e. The van der Waals surface area contributed by atoms with Gasteiger partial charge in [0.2, 0.25) is 11.8 Å². The number of rotatable bonds is 6. The molecule has 2 aliphatic rings. The van der Waals surface area contributed by atoms with Gasteiger partial charge in [0, 0.05) is 25.6 Å². The lowest BCUT2D eigenvalue weighted by Gasteiger charge is -2.29. The highest BCUT2D eigenvalue weighted by Crippen LogP contribution is 2.34. The quantitative estimate of drug-likeness (QED) is 0.680. The number of esters is 1. The molecule has 21 heavy (non-hydrogen) atoms. The van der Waals surface area contributed by atoms with Gasteiger partial charge < -0.3 is 14.5 Å². The third-order valence-corrected chi connectivity index (χ3v) is 4.25. The number of likely N-dealkylation sites (N-methyl/N-ethyl adjacent to an activating group) is 1. The van der Waals surface area contributed by atoms with E-state index in [0.29, 0.717) is 19.6 Å². The maximum atomic E-state index is 12.6. The highest BCUT2D eigenvalue weighted by Gasteiger charge is 2.41. The van der Waals surface area contributed by atoms with Crippen LogP contribution >= 0.6 is 0 Å². The summed E-state index contributed by atoms with van der Waals surface area (Å²) in [6, 6.07) is -0.337. The molecule has 0 spiro atoms. The molecule has 2 rings (SSSR count). The summed E-state index contributed by atoms with van der Waals surface area (Å²) < 4.78 is 4.61. The fourth-order valence-electron chi connectivity index (χ4n) is 2.82. The molecular weight excluding hydrogens is 272 g/mol. The lowest BCUT2D eigenvalue weighted by Crippen LogP contribution is -2.48. The predicted molar refractivity (Wildman–Crippen MR) is 76.3 cm³/mol. The molecule has 1 unspecified atom stereocenters. The summed E-state index contributed by atoms with van der Waals surface area (Å²) in [6.45, 7) is 3.46. The van der Waals surface area contributed by atoms with Crippen LogP contribution in [0.4, 0.5) is 0 Å². The van der Waals surface area contributed by atoms with E-state index in [-0.39, 0.29) is 36.2 Å². The molecule has 1 aliphatic carbocycles. The summed E-state index contributed by atoms with van der Waals surface area (Å²) in [4.78, 5) is 39.5. The van der Waals surface area contributed by atoms with Gasteiger partial charge in [-0.05, 0) is 32.6 Å². The van der Waals surface area contributed by atoms with Gasteiger partial charge in [-0.25, -0.2) is 0 Å². The van der Waals surface area contributed by atoms with E-state index in [4.69, 9.17) is 0 Å². The molecule has 0 bridgehead atoms. The number of amides is 2. The van der Waals surface area contributed by atoms with Crippen LogP contribution in [0.1, 0.15) is 39.0 Å². The van der Waals surface area contributed by atoms with Crippen molar-refractivity contribution >= 4 is 17.8 Å². The number of hydrogen-bond acceptors (Lipinski definition) is 4. The Kier molecular flexibility index (Phi) is 5.20. The van der Waals surface area contributed by atoms with Crippen molar-refractivity contribution in [2.45, 2.75) is 45.1 Å². The minimum absolute atomic E-state index is 0.0343. The molecular formula is C15H24N2O4. The fraction of sp³-hybridized carbons (Fsp3) is 0.800. The van der Waals surface area contributed by atoms with Crippen molar-refractivity contribution in [3.8, 4) is 0 Å². The molecule has 2 amide bonds. The van der Waals surface area contributed by atoms with E-state index >= 15 is 0 Å². The van der Waals surface area contributed by atoms with Gasteiger partial charge in [0.15, 0.2) is 0 Å². The first-order valence-electron chi connectivity index (χ1n) is 7.74. The first kappa shape index (κ1) is 15.8. The zero-order valence-corrected chi connectivity index (χ0v) is 12.8. The Bertz CT molecular complexity index is 420. The van der Waals surface area contributed by atoms with E-state index in [0.717, 1.165) is 25.7 Å². The van der Waals surface area contributed by atoms with Crippen molar-refractivity contribution in [2.24, 2.45) is 5.92 Å². The maximum absolute atomic E-state index is 12.6. The number of nitrogens with zero attached hydrogens (tertiary/aromatic N) is 2. The normalized spacial score (nSPS) is 21.2. The monoisotopic (exact) mass is 296 g/mol. The van der Waals surface area contributed by atoms with Crippen LogP contribution in [0.25, 0.3) is 0 Å². The van der Waals surface area contributed by atoms with Crippen molar-refractivity contribution in [1.82, 2.24) is 9.80 Å². The van der Waals surface area contributed by atoms with E-state index in [1.54, 1.807) is 9.80 Å². The van der Waals surface area contributed by atoms with Crippen LogP contribution in [0.5, 0.6) is 0 Å². The maximum Gasteiger partial charge on any atom is 0.307 e. The van der Waals surface area contributed by atoms with Gasteiger partial charge in [0.1, 0.15) is 6.04 Å². The minimum atomic E-state index is -0.337. The second-order valence-corrected chi connectivity index (χ2v) is 5.71. The van der Waals surface area contributed by atoms with Crippen molar-refractivity contribution in [2.75, 3.05) is 26.7 Å². The highest BCUT2D eigenvalue weighted by atomic mass is 16.5. The van der Waals surface area contributed by atoms with Gasteiger partial charge in [-0.3, -0.25) is 14.4 Å². The molecule has 118 valence electrons. The van der Waals surface area contributed by atoms with E-state index in [9.17, 15) is 14.4 Å². The van der Waals surface area contributed by atoms with E-state index in [1.807, 2.05) is 6.92 Å². The topological polar surface area (TPSA) is 66.9 Å². The number of carbonyl (C=O) groups excluding carboxylic acids is 3. The lowest BCUT2D eigenvalue weighted by molar-refractivity contribution is -0.146. The van der Waals surface area contributed by atoms with Crippen LogP contribution in [-0.2, 0) is 19.1 Å². The summed E-state index contributed by atoms with van der Waals surface area (Å²) in [5.41, 5.74) is 0. The molecule has 6 heteroatoms. The molecule has 1 saturated carbocycles. The van der Waals surface area contributed by atoms with E-state index in [2.05, 4.69) is 4.74 Å². The van der Waals surface area contributed by atoms with Crippen molar-refractivity contribution in [3.05, 3.63) is 0 Å². The van der Waals surface area contributed by atoms with E-state index < -0.39 is 0 Å². The summed E-state index contributed by atoms with van der Waals surface area (Å²) >= 11 is 0. The van der Waals surface area contributed by atoms with Gasteiger partial charge >= 0.3 is 5.97 Å².